The first-order valence-electron chi connectivity index (χ1n) is 6.37. The van der Waals surface area contributed by atoms with Crippen molar-refractivity contribution in [1.82, 2.24) is 5.32 Å². The number of nitrogens with zero attached hydrogens (tertiary/aromatic N) is 1. The summed E-state index contributed by atoms with van der Waals surface area (Å²) in [6.45, 7) is 1.43. The Bertz CT molecular complexity index is 486. The van der Waals surface area contributed by atoms with Crippen LogP contribution in [0.4, 0.5) is 4.39 Å². The second-order valence-corrected chi connectivity index (χ2v) is 4.59. The molecule has 0 amide bonds. The van der Waals surface area contributed by atoms with E-state index in [2.05, 4.69) is 17.5 Å². The summed E-state index contributed by atoms with van der Waals surface area (Å²) in [6.07, 6.45) is 7.06. The second-order valence-electron chi connectivity index (χ2n) is 4.59. The van der Waals surface area contributed by atoms with Crippen LogP contribution in [0.3, 0.4) is 0 Å². The molecule has 18 heavy (non-hydrogen) atoms. The normalized spacial score (nSPS) is 14.3. The van der Waals surface area contributed by atoms with Gasteiger partial charge in [-0.15, -0.1) is 0 Å². The minimum Gasteiger partial charge on any atom is -0.312 e. The minimum absolute atomic E-state index is 0.288. The molecule has 0 saturated heterocycles. The van der Waals surface area contributed by atoms with Crippen LogP contribution in [0.2, 0.25) is 0 Å². The fraction of sp³-hybridized carbons (Fsp3) is 0.400. The SMILES string of the molecule is N#Cc1ccc(F)cc1CNCCC1=CCCC1. The van der Waals surface area contributed by atoms with Gasteiger partial charge in [0.05, 0.1) is 11.6 Å². The van der Waals surface area contributed by atoms with Crippen molar-refractivity contribution < 1.29 is 4.39 Å². The Morgan fingerprint density at radius 2 is 2.28 bits per heavy atom. The summed E-state index contributed by atoms with van der Waals surface area (Å²) in [5, 5.41) is 12.2. The van der Waals surface area contributed by atoms with Gasteiger partial charge in [-0.2, -0.15) is 5.26 Å². The van der Waals surface area contributed by atoms with Crippen molar-refractivity contribution in [2.24, 2.45) is 0 Å². The minimum atomic E-state index is -0.288. The van der Waals surface area contributed by atoms with E-state index in [-0.39, 0.29) is 5.82 Å². The number of benzene rings is 1. The summed E-state index contributed by atoms with van der Waals surface area (Å²) in [5.74, 6) is -0.288. The summed E-state index contributed by atoms with van der Waals surface area (Å²) < 4.78 is 13.1. The quantitative estimate of drug-likeness (QED) is 0.637. The molecule has 0 fully saturated rings. The van der Waals surface area contributed by atoms with Crippen molar-refractivity contribution in [3.63, 3.8) is 0 Å². The van der Waals surface area contributed by atoms with Crippen LogP contribution < -0.4 is 5.32 Å². The molecule has 1 aliphatic carbocycles. The summed E-state index contributed by atoms with van der Waals surface area (Å²) in [5.41, 5.74) is 2.80. The average Bonchev–Trinajstić information content (AvgIpc) is 2.88. The third kappa shape index (κ3) is 3.41. The number of nitriles is 1. The topological polar surface area (TPSA) is 35.8 Å². The number of hydrogen-bond donors (Lipinski definition) is 1. The molecule has 3 heteroatoms. The first-order chi connectivity index (χ1) is 8.79. The molecule has 1 N–H and O–H groups in total. The lowest BCUT2D eigenvalue weighted by Crippen LogP contribution is -2.16. The van der Waals surface area contributed by atoms with Crippen LogP contribution in [0.15, 0.2) is 29.8 Å². The van der Waals surface area contributed by atoms with Crippen molar-refractivity contribution >= 4 is 0 Å². The molecule has 0 radical (unpaired) electrons. The van der Waals surface area contributed by atoms with E-state index in [0.717, 1.165) is 18.5 Å². The molecule has 2 nitrogen and oxygen atoms in total. The molecule has 0 bridgehead atoms. The fourth-order valence-corrected chi connectivity index (χ4v) is 2.25. The van der Waals surface area contributed by atoms with Gasteiger partial charge in [-0.3, -0.25) is 0 Å². The maximum Gasteiger partial charge on any atom is 0.123 e. The molecule has 94 valence electrons. The van der Waals surface area contributed by atoms with Gasteiger partial charge in [0.25, 0.3) is 0 Å². The van der Waals surface area contributed by atoms with Gasteiger partial charge in [0.15, 0.2) is 0 Å². The van der Waals surface area contributed by atoms with Crippen molar-refractivity contribution in [3.8, 4) is 6.07 Å². The average molecular weight is 244 g/mol. The molecule has 0 aromatic heterocycles. The molecule has 1 aromatic rings. The van der Waals surface area contributed by atoms with E-state index in [1.807, 2.05) is 0 Å². The van der Waals surface area contributed by atoms with E-state index in [9.17, 15) is 4.39 Å². The highest BCUT2D eigenvalue weighted by molar-refractivity contribution is 5.37. The molecule has 2 rings (SSSR count). The maximum absolute atomic E-state index is 13.1. The standard InChI is InChI=1S/C15H17FN2/c16-15-6-5-13(10-17)14(9-15)11-18-8-7-12-3-1-2-4-12/h3,5-6,9,18H,1-2,4,7-8,11H2. The predicted octanol–water partition coefficient (Wildman–Crippen LogP) is 3.29. The zero-order valence-corrected chi connectivity index (χ0v) is 10.4. The van der Waals surface area contributed by atoms with Gasteiger partial charge in [0.2, 0.25) is 0 Å². The number of hydrogen-bond acceptors (Lipinski definition) is 2. The Balaban J connectivity index is 1.82. The molecule has 0 heterocycles. The highest BCUT2D eigenvalue weighted by Gasteiger charge is 2.05. The van der Waals surface area contributed by atoms with Crippen LogP contribution in [0.1, 0.15) is 36.8 Å². The largest absolute Gasteiger partial charge is 0.312 e. The molecule has 0 aliphatic heterocycles. The Morgan fingerprint density at radius 1 is 1.39 bits per heavy atom. The van der Waals surface area contributed by atoms with Crippen LogP contribution in [-0.4, -0.2) is 6.54 Å². The molecule has 0 unspecified atom stereocenters. The van der Waals surface area contributed by atoms with Crippen LogP contribution in [0.5, 0.6) is 0 Å². The maximum atomic E-state index is 13.1. The van der Waals surface area contributed by atoms with Gasteiger partial charge in [-0.1, -0.05) is 11.6 Å². The second kappa shape index (κ2) is 6.32. The highest BCUT2D eigenvalue weighted by Crippen LogP contribution is 2.19. The zero-order chi connectivity index (χ0) is 12.8. The molecule has 1 aliphatic rings. The van der Waals surface area contributed by atoms with Crippen molar-refractivity contribution in [1.29, 1.82) is 5.26 Å². The highest BCUT2D eigenvalue weighted by atomic mass is 19.1. The van der Waals surface area contributed by atoms with Gasteiger partial charge in [0.1, 0.15) is 5.82 Å². The van der Waals surface area contributed by atoms with E-state index >= 15 is 0 Å². The van der Waals surface area contributed by atoms with Gasteiger partial charge in [-0.05, 0) is 56.0 Å². The Morgan fingerprint density at radius 3 is 3.00 bits per heavy atom. The lowest BCUT2D eigenvalue weighted by molar-refractivity contribution is 0.619. The third-order valence-electron chi connectivity index (χ3n) is 3.26. The molecule has 1 aromatic carbocycles. The Labute approximate surface area is 107 Å². The summed E-state index contributed by atoms with van der Waals surface area (Å²) in [6, 6.07) is 6.38. The summed E-state index contributed by atoms with van der Waals surface area (Å²) in [4.78, 5) is 0. The Kier molecular flexibility index (Phi) is 4.49. The van der Waals surface area contributed by atoms with E-state index < -0.39 is 0 Å². The summed E-state index contributed by atoms with van der Waals surface area (Å²) in [7, 11) is 0. The predicted molar refractivity (Wildman–Crippen MR) is 69.4 cm³/mol. The lowest BCUT2D eigenvalue weighted by atomic mass is 10.1. The number of rotatable bonds is 5. The third-order valence-corrected chi connectivity index (χ3v) is 3.26. The van der Waals surface area contributed by atoms with Crippen molar-refractivity contribution in [2.75, 3.05) is 6.54 Å². The van der Waals surface area contributed by atoms with Crippen LogP contribution in [0.25, 0.3) is 0 Å². The van der Waals surface area contributed by atoms with E-state index in [4.69, 9.17) is 5.26 Å². The van der Waals surface area contributed by atoms with Gasteiger partial charge >= 0.3 is 0 Å². The smallest absolute Gasteiger partial charge is 0.123 e. The van der Waals surface area contributed by atoms with E-state index in [1.165, 1.54) is 43.0 Å². The van der Waals surface area contributed by atoms with Gasteiger partial charge < -0.3 is 5.32 Å². The van der Waals surface area contributed by atoms with Crippen LogP contribution in [0, 0.1) is 17.1 Å². The number of halogens is 1. The van der Waals surface area contributed by atoms with Crippen LogP contribution >= 0.6 is 0 Å². The molecular formula is C15H17FN2. The van der Waals surface area contributed by atoms with Gasteiger partial charge in [0, 0.05) is 6.54 Å². The molecule has 0 saturated carbocycles. The monoisotopic (exact) mass is 244 g/mol. The molecule has 0 atom stereocenters. The molecular weight excluding hydrogens is 227 g/mol. The van der Waals surface area contributed by atoms with Crippen LogP contribution in [-0.2, 0) is 6.54 Å². The van der Waals surface area contributed by atoms with E-state index in [0.29, 0.717) is 12.1 Å². The zero-order valence-electron chi connectivity index (χ0n) is 10.4. The number of allylic oxidation sites excluding steroid dienone is 1. The molecule has 0 spiro atoms. The lowest BCUT2D eigenvalue weighted by Gasteiger charge is -2.07. The van der Waals surface area contributed by atoms with Crippen molar-refractivity contribution in [2.45, 2.75) is 32.2 Å². The van der Waals surface area contributed by atoms with Crippen molar-refractivity contribution in [3.05, 3.63) is 46.8 Å². The summed E-state index contributed by atoms with van der Waals surface area (Å²) >= 11 is 0. The Hall–Kier alpha value is -1.66. The number of nitrogens with one attached hydrogen (secondary N) is 1. The fourth-order valence-electron chi connectivity index (χ4n) is 2.25. The van der Waals surface area contributed by atoms with E-state index in [1.54, 1.807) is 0 Å². The van der Waals surface area contributed by atoms with Gasteiger partial charge in [-0.25, -0.2) is 4.39 Å². The first-order valence-corrected chi connectivity index (χ1v) is 6.37. The first kappa shape index (κ1) is 12.8.